The van der Waals surface area contributed by atoms with Crippen LogP contribution in [0.2, 0.25) is 5.02 Å². The van der Waals surface area contributed by atoms with Crippen molar-refractivity contribution in [1.82, 2.24) is 0 Å². The van der Waals surface area contributed by atoms with Gasteiger partial charge in [-0.25, -0.2) is 0 Å². The molecule has 1 aliphatic carbocycles. The van der Waals surface area contributed by atoms with Crippen molar-refractivity contribution >= 4 is 29.1 Å². The normalized spacial score (nSPS) is 27.8. The Morgan fingerprint density at radius 2 is 1.92 bits per heavy atom. The van der Waals surface area contributed by atoms with Crippen LogP contribution in [0.25, 0.3) is 0 Å². The molecule has 1 aromatic carbocycles. The van der Waals surface area contributed by atoms with Crippen LogP contribution in [0, 0.1) is 56.7 Å². The molecule has 1 N–H and O–H groups in total. The van der Waals surface area contributed by atoms with Crippen molar-refractivity contribution < 1.29 is 0 Å². The predicted molar refractivity (Wildman–Crippen MR) is 93.6 cm³/mol. The molecule has 1 saturated carbocycles. The third-order valence-electron chi connectivity index (χ3n) is 4.80. The number of halogens is 1. The van der Waals surface area contributed by atoms with Crippen molar-refractivity contribution in [1.29, 1.82) is 21.2 Å². The highest BCUT2D eigenvalue weighted by molar-refractivity contribution is 7.99. The van der Waals surface area contributed by atoms with E-state index in [1.165, 1.54) is 0 Å². The Labute approximate surface area is 149 Å². The lowest BCUT2D eigenvalue weighted by atomic mass is 9.55. The molecule has 3 atom stereocenters. The average molecular weight is 353 g/mol. The Morgan fingerprint density at radius 1 is 1.21 bits per heavy atom. The lowest BCUT2D eigenvalue weighted by molar-refractivity contribution is 0.378. The summed E-state index contributed by atoms with van der Waals surface area (Å²) in [4.78, 5) is 0. The monoisotopic (exact) mass is 352 g/mol. The van der Waals surface area contributed by atoms with E-state index in [2.05, 4.69) is 18.2 Å². The second-order valence-electron chi connectivity index (χ2n) is 5.85. The molecule has 6 heteroatoms. The quantitative estimate of drug-likeness (QED) is 0.775. The van der Waals surface area contributed by atoms with Crippen LogP contribution in [0.1, 0.15) is 11.5 Å². The van der Waals surface area contributed by atoms with Crippen molar-refractivity contribution in [2.45, 2.75) is 5.92 Å². The maximum absolute atomic E-state index is 9.85. The maximum atomic E-state index is 9.85. The molecule has 24 heavy (non-hydrogen) atoms. The second-order valence-corrected chi connectivity index (χ2v) is 7.34. The Kier molecular flexibility index (Phi) is 4.37. The standard InChI is InChI=1S/C18H13ClN4S/c19-15-4-2-1-3-12(15)16-14-8-24-6-5-11(14)13(7-20)17(23)18(16,9-21)10-22/h1-5,13-14,16,23H,6,8H2/t13-,14+,16+/m1/s1. The maximum Gasteiger partial charge on any atom is 0.189 e. The van der Waals surface area contributed by atoms with Crippen LogP contribution in [-0.4, -0.2) is 17.2 Å². The highest BCUT2D eigenvalue weighted by atomic mass is 35.5. The summed E-state index contributed by atoms with van der Waals surface area (Å²) in [6.07, 6.45) is 1.98. The number of rotatable bonds is 1. The highest BCUT2D eigenvalue weighted by Crippen LogP contribution is 2.55. The van der Waals surface area contributed by atoms with E-state index in [-0.39, 0.29) is 11.6 Å². The molecule has 0 radical (unpaired) electrons. The number of fused-ring (bicyclic) bond motifs is 1. The summed E-state index contributed by atoms with van der Waals surface area (Å²) in [5, 5.41) is 38.2. The van der Waals surface area contributed by atoms with Gasteiger partial charge in [0.05, 0.1) is 23.9 Å². The average Bonchev–Trinajstić information content (AvgIpc) is 2.62. The summed E-state index contributed by atoms with van der Waals surface area (Å²) in [5.74, 6) is -0.0234. The summed E-state index contributed by atoms with van der Waals surface area (Å²) in [5.41, 5.74) is -0.255. The van der Waals surface area contributed by atoms with Gasteiger partial charge in [0.15, 0.2) is 5.41 Å². The molecule has 1 heterocycles. The first-order chi connectivity index (χ1) is 11.6. The zero-order valence-electron chi connectivity index (χ0n) is 12.7. The molecule has 0 spiro atoms. The van der Waals surface area contributed by atoms with E-state index < -0.39 is 17.3 Å². The minimum absolute atomic E-state index is 0.130. The smallest absolute Gasteiger partial charge is 0.189 e. The summed E-state index contributed by atoms with van der Waals surface area (Å²) in [6.45, 7) is 0. The van der Waals surface area contributed by atoms with Gasteiger partial charge in [0.1, 0.15) is 5.92 Å². The van der Waals surface area contributed by atoms with Crippen molar-refractivity contribution in [3.63, 3.8) is 0 Å². The fourth-order valence-electron chi connectivity index (χ4n) is 3.68. The van der Waals surface area contributed by atoms with Gasteiger partial charge in [0.2, 0.25) is 0 Å². The van der Waals surface area contributed by atoms with Gasteiger partial charge in [0.25, 0.3) is 0 Å². The number of nitrogens with zero attached hydrogens (tertiary/aromatic N) is 3. The lowest BCUT2D eigenvalue weighted by Crippen LogP contribution is -2.49. The van der Waals surface area contributed by atoms with Crippen molar-refractivity contribution in [2.24, 2.45) is 17.3 Å². The minimum atomic E-state index is -1.68. The molecule has 118 valence electrons. The zero-order valence-corrected chi connectivity index (χ0v) is 14.2. The summed E-state index contributed by atoms with van der Waals surface area (Å²) in [6, 6.07) is 13.4. The molecule has 0 aromatic heterocycles. The van der Waals surface area contributed by atoms with Crippen LogP contribution in [-0.2, 0) is 0 Å². The van der Waals surface area contributed by atoms with Gasteiger partial charge < -0.3 is 5.41 Å². The van der Waals surface area contributed by atoms with Crippen LogP contribution in [0.3, 0.4) is 0 Å². The van der Waals surface area contributed by atoms with E-state index in [0.717, 1.165) is 11.3 Å². The van der Waals surface area contributed by atoms with Crippen LogP contribution < -0.4 is 0 Å². The van der Waals surface area contributed by atoms with Crippen molar-refractivity contribution in [3.05, 3.63) is 46.5 Å². The number of benzene rings is 1. The number of hydrogen-bond donors (Lipinski definition) is 1. The summed E-state index contributed by atoms with van der Waals surface area (Å²) >= 11 is 8.07. The van der Waals surface area contributed by atoms with E-state index in [4.69, 9.17) is 17.0 Å². The van der Waals surface area contributed by atoms with Gasteiger partial charge in [-0.05, 0) is 17.2 Å². The Bertz CT molecular complexity index is 841. The van der Waals surface area contributed by atoms with E-state index in [0.29, 0.717) is 16.3 Å². The van der Waals surface area contributed by atoms with E-state index >= 15 is 0 Å². The van der Waals surface area contributed by atoms with Crippen LogP contribution in [0.15, 0.2) is 35.9 Å². The number of thioether (sulfide) groups is 1. The predicted octanol–water partition coefficient (Wildman–Crippen LogP) is 3.92. The number of nitriles is 3. The third kappa shape index (κ3) is 2.23. The molecule has 0 amide bonds. The SMILES string of the molecule is N#C[C@H]1C(=N)C(C#N)(C#N)[C@@H](c2ccccc2Cl)[C@H]2CSCC=C12. The molecule has 3 rings (SSSR count). The van der Waals surface area contributed by atoms with Gasteiger partial charge in [-0.3, -0.25) is 0 Å². The van der Waals surface area contributed by atoms with Crippen LogP contribution >= 0.6 is 23.4 Å². The lowest BCUT2D eigenvalue weighted by Gasteiger charge is -2.45. The minimum Gasteiger partial charge on any atom is -0.305 e. The molecule has 0 bridgehead atoms. The first-order valence-electron chi connectivity index (χ1n) is 7.44. The number of allylic oxidation sites excluding steroid dienone is 1. The van der Waals surface area contributed by atoms with E-state index in [1.807, 2.05) is 18.2 Å². The molecule has 1 aliphatic heterocycles. The van der Waals surface area contributed by atoms with E-state index in [9.17, 15) is 15.8 Å². The Hall–Kier alpha value is -2.26. The molecular formula is C18H13ClN4S. The van der Waals surface area contributed by atoms with Crippen LogP contribution in [0.5, 0.6) is 0 Å². The fraction of sp³-hybridized carbons (Fsp3) is 0.333. The van der Waals surface area contributed by atoms with Crippen molar-refractivity contribution in [2.75, 3.05) is 11.5 Å². The number of hydrogen-bond acceptors (Lipinski definition) is 5. The highest BCUT2D eigenvalue weighted by Gasteiger charge is 2.57. The third-order valence-corrected chi connectivity index (χ3v) is 6.14. The fourth-order valence-corrected chi connectivity index (χ4v) is 5.02. The molecule has 2 aliphatic rings. The largest absolute Gasteiger partial charge is 0.305 e. The molecule has 1 fully saturated rings. The number of nitrogens with one attached hydrogen (secondary N) is 1. The topological polar surface area (TPSA) is 95.2 Å². The molecular weight excluding hydrogens is 340 g/mol. The zero-order chi connectivity index (χ0) is 17.3. The summed E-state index contributed by atoms with van der Waals surface area (Å²) < 4.78 is 0. The first-order valence-corrected chi connectivity index (χ1v) is 8.97. The second kappa shape index (κ2) is 6.33. The van der Waals surface area contributed by atoms with Crippen molar-refractivity contribution in [3.8, 4) is 18.2 Å². The van der Waals surface area contributed by atoms with Gasteiger partial charge in [0, 0.05) is 28.4 Å². The van der Waals surface area contributed by atoms with E-state index in [1.54, 1.807) is 23.9 Å². The van der Waals surface area contributed by atoms with Gasteiger partial charge in [-0.2, -0.15) is 27.5 Å². The Morgan fingerprint density at radius 3 is 2.54 bits per heavy atom. The molecule has 0 saturated heterocycles. The summed E-state index contributed by atoms with van der Waals surface area (Å²) in [7, 11) is 0. The molecule has 4 nitrogen and oxygen atoms in total. The van der Waals surface area contributed by atoms with Gasteiger partial charge in [-0.1, -0.05) is 35.9 Å². The molecule has 0 unspecified atom stereocenters. The first kappa shape index (κ1) is 16.6. The molecule has 1 aromatic rings. The van der Waals surface area contributed by atoms with Gasteiger partial charge in [-0.15, -0.1) is 0 Å². The van der Waals surface area contributed by atoms with Crippen LogP contribution in [0.4, 0.5) is 0 Å². The Balaban J connectivity index is 2.29. The van der Waals surface area contributed by atoms with Gasteiger partial charge >= 0.3 is 0 Å².